The number of piperidine rings is 1. The molecule has 3 fully saturated rings. The third-order valence-electron chi connectivity index (χ3n) is 8.04. The summed E-state index contributed by atoms with van der Waals surface area (Å²) in [5.41, 5.74) is 3.95. The molecule has 5 atom stereocenters. The average Bonchev–Trinajstić information content (AvgIpc) is 3.31. The van der Waals surface area contributed by atoms with Crippen molar-refractivity contribution in [2.24, 2.45) is 5.41 Å². The Kier molecular flexibility index (Phi) is 3.19. The minimum absolute atomic E-state index is 0.0460. The highest BCUT2D eigenvalue weighted by Crippen LogP contribution is 2.68. The van der Waals surface area contributed by atoms with Crippen molar-refractivity contribution in [2.75, 3.05) is 32.6 Å². The topological polar surface area (TPSA) is 63.3 Å². The molecule has 5 aliphatic rings. The fraction of sp³-hybridized carbons (Fsp3) is 0.591. The van der Waals surface area contributed by atoms with Crippen LogP contribution in [-0.4, -0.2) is 56.4 Å². The van der Waals surface area contributed by atoms with Crippen molar-refractivity contribution in [2.45, 2.75) is 49.9 Å². The second-order valence-corrected chi connectivity index (χ2v) is 8.86. The van der Waals surface area contributed by atoms with Crippen LogP contribution in [0.3, 0.4) is 0 Å². The van der Waals surface area contributed by atoms with E-state index in [9.17, 15) is 4.79 Å². The van der Waals surface area contributed by atoms with Crippen LogP contribution < -0.4 is 10.1 Å². The maximum Gasteiger partial charge on any atom is 0.335 e. The number of hydrogen-bond acceptors (Lipinski definition) is 6. The third-order valence-corrected chi connectivity index (χ3v) is 8.04. The Balaban J connectivity index is 1.63. The lowest BCUT2D eigenvalue weighted by atomic mass is 9.53. The summed E-state index contributed by atoms with van der Waals surface area (Å²) in [4.78, 5) is 15.5. The average molecular weight is 382 g/mol. The summed E-state index contributed by atoms with van der Waals surface area (Å²) in [5, 5.41) is 3.63. The number of carbonyl (C=O) groups excluding carboxylic acids is 1. The minimum Gasteiger partial charge on any atom is -0.497 e. The fourth-order valence-electron chi connectivity index (χ4n) is 6.97. The molecule has 0 amide bonds. The Morgan fingerprint density at radius 3 is 3.00 bits per heavy atom. The van der Waals surface area contributed by atoms with E-state index in [1.165, 1.54) is 12.7 Å². The summed E-state index contributed by atoms with van der Waals surface area (Å²) in [6.45, 7) is 4.29. The van der Waals surface area contributed by atoms with Crippen molar-refractivity contribution in [3.05, 3.63) is 35.0 Å². The highest BCUT2D eigenvalue weighted by molar-refractivity contribution is 5.93. The number of carbonyl (C=O) groups is 1. The number of fused-ring (bicyclic) bond motifs is 3. The Morgan fingerprint density at radius 1 is 1.39 bits per heavy atom. The van der Waals surface area contributed by atoms with E-state index in [0.717, 1.165) is 48.6 Å². The Morgan fingerprint density at radius 2 is 2.25 bits per heavy atom. The van der Waals surface area contributed by atoms with Crippen molar-refractivity contribution in [1.82, 2.24) is 4.90 Å². The minimum atomic E-state index is -0.214. The second-order valence-electron chi connectivity index (χ2n) is 8.86. The van der Waals surface area contributed by atoms with Crippen LogP contribution in [0.5, 0.6) is 5.75 Å². The fourth-order valence-corrected chi connectivity index (χ4v) is 6.97. The number of methoxy groups -OCH3 is 2. The van der Waals surface area contributed by atoms with Crippen molar-refractivity contribution in [1.29, 1.82) is 0 Å². The van der Waals surface area contributed by atoms with Crippen LogP contribution in [-0.2, 0) is 19.7 Å². The molecule has 0 aromatic heterocycles. The van der Waals surface area contributed by atoms with Gasteiger partial charge in [-0.25, -0.2) is 4.79 Å². The van der Waals surface area contributed by atoms with Gasteiger partial charge in [0.1, 0.15) is 5.75 Å². The van der Waals surface area contributed by atoms with Gasteiger partial charge in [0.2, 0.25) is 0 Å². The molecule has 0 radical (unpaired) electrons. The van der Waals surface area contributed by atoms with Crippen molar-refractivity contribution in [3.63, 3.8) is 0 Å². The summed E-state index contributed by atoms with van der Waals surface area (Å²) < 4.78 is 16.9. The quantitative estimate of drug-likeness (QED) is 0.640. The standard InChI is InChI=1S/C22H26N2O4/c1-4-21-10-13(19(25)27-3)17-22(14-6-5-12(26-2)9-15(14)23-17)7-8-24(20(21)22)11-16-18(21)28-16/h5-6,9,16,18,20,23H,4,7-8,10-11H2,1-3H3/t16-,18-,20+,21+,22+/m1/s1. The monoisotopic (exact) mass is 382 g/mol. The van der Waals surface area contributed by atoms with Crippen molar-refractivity contribution in [3.8, 4) is 5.75 Å². The van der Waals surface area contributed by atoms with Crippen molar-refractivity contribution < 1.29 is 19.0 Å². The van der Waals surface area contributed by atoms with Crippen molar-refractivity contribution >= 4 is 11.7 Å². The Labute approximate surface area is 164 Å². The molecule has 148 valence electrons. The van der Waals surface area contributed by atoms with Gasteiger partial charge in [-0.3, -0.25) is 4.90 Å². The van der Waals surface area contributed by atoms with Crippen LogP contribution >= 0.6 is 0 Å². The van der Waals surface area contributed by atoms with E-state index >= 15 is 0 Å². The largest absolute Gasteiger partial charge is 0.497 e. The zero-order chi connectivity index (χ0) is 19.3. The highest BCUT2D eigenvalue weighted by atomic mass is 16.6. The second kappa shape index (κ2) is 5.30. The molecule has 0 saturated carbocycles. The Bertz CT molecular complexity index is 927. The number of esters is 1. The molecule has 6 heteroatoms. The molecule has 6 rings (SSSR count). The molecular weight excluding hydrogens is 356 g/mol. The van der Waals surface area contributed by atoms with Crippen LogP contribution in [0.2, 0.25) is 0 Å². The van der Waals surface area contributed by atoms with Crippen LogP contribution in [0.15, 0.2) is 29.5 Å². The molecule has 6 nitrogen and oxygen atoms in total. The van der Waals surface area contributed by atoms with Gasteiger partial charge in [0.05, 0.1) is 37.4 Å². The molecule has 0 bridgehead atoms. The SMILES string of the molecule is CC[C@]12CC(C(=O)OC)=C3Nc4cc(OC)ccc4[C@@]34CCN(C[C@H]3O[C@H]31)[C@@H]24. The summed E-state index contributed by atoms with van der Waals surface area (Å²) in [7, 11) is 3.17. The van der Waals surface area contributed by atoms with E-state index in [1.54, 1.807) is 7.11 Å². The van der Waals surface area contributed by atoms with Crippen LogP contribution in [0.25, 0.3) is 0 Å². The number of epoxide rings is 1. The molecule has 4 aliphatic heterocycles. The highest BCUT2D eigenvalue weighted by Gasteiger charge is 2.73. The molecule has 0 unspecified atom stereocenters. The first-order chi connectivity index (χ1) is 13.6. The van der Waals surface area contributed by atoms with Gasteiger partial charge in [-0.05, 0) is 37.4 Å². The number of anilines is 1. The molecule has 1 N–H and O–H groups in total. The maximum absolute atomic E-state index is 12.9. The maximum atomic E-state index is 12.9. The lowest BCUT2D eigenvalue weighted by molar-refractivity contribution is -0.137. The van der Waals surface area contributed by atoms with Gasteiger partial charge in [0.25, 0.3) is 0 Å². The normalized spacial score (nSPS) is 39.5. The van der Waals surface area contributed by atoms with Gasteiger partial charge in [-0.1, -0.05) is 13.0 Å². The number of rotatable bonds is 3. The summed E-state index contributed by atoms with van der Waals surface area (Å²) in [6.07, 6.45) is 3.29. The smallest absolute Gasteiger partial charge is 0.335 e. The zero-order valence-corrected chi connectivity index (χ0v) is 16.6. The first-order valence-electron chi connectivity index (χ1n) is 10.3. The van der Waals surface area contributed by atoms with Gasteiger partial charge in [-0.2, -0.15) is 0 Å². The summed E-state index contributed by atoms with van der Waals surface area (Å²) >= 11 is 0. The number of nitrogens with zero attached hydrogens (tertiary/aromatic N) is 1. The molecule has 1 spiro atoms. The predicted molar refractivity (Wildman–Crippen MR) is 103 cm³/mol. The van der Waals surface area contributed by atoms with Crippen LogP contribution in [0.4, 0.5) is 5.69 Å². The molecular formula is C22H26N2O4. The van der Waals surface area contributed by atoms with Gasteiger partial charge in [0.15, 0.2) is 0 Å². The summed E-state index contributed by atoms with van der Waals surface area (Å²) in [6, 6.07) is 6.64. The number of benzene rings is 1. The van der Waals surface area contributed by atoms with Crippen LogP contribution in [0, 0.1) is 5.41 Å². The van der Waals surface area contributed by atoms with Gasteiger partial charge >= 0.3 is 5.97 Å². The molecule has 1 aromatic rings. The van der Waals surface area contributed by atoms with E-state index in [4.69, 9.17) is 14.2 Å². The van der Waals surface area contributed by atoms with E-state index < -0.39 is 0 Å². The third kappa shape index (κ3) is 1.75. The first kappa shape index (κ1) is 16.9. The lowest BCUT2D eigenvalue weighted by Crippen LogP contribution is -2.63. The number of hydrogen-bond donors (Lipinski definition) is 1. The van der Waals surface area contributed by atoms with Gasteiger partial charge in [0, 0.05) is 35.5 Å². The van der Waals surface area contributed by atoms with Crippen LogP contribution in [0.1, 0.15) is 31.7 Å². The van der Waals surface area contributed by atoms with Gasteiger partial charge < -0.3 is 19.5 Å². The first-order valence-corrected chi connectivity index (χ1v) is 10.3. The number of ether oxygens (including phenoxy) is 3. The van der Waals surface area contributed by atoms with E-state index in [1.807, 2.05) is 6.07 Å². The predicted octanol–water partition coefficient (Wildman–Crippen LogP) is 2.44. The molecule has 28 heavy (non-hydrogen) atoms. The zero-order valence-electron chi connectivity index (χ0n) is 16.6. The molecule has 1 aliphatic carbocycles. The van der Waals surface area contributed by atoms with E-state index in [2.05, 4.69) is 29.3 Å². The molecule has 4 heterocycles. The number of nitrogens with one attached hydrogen (secondary N) is 1. The molecule has 3 saturated heterocycles. The van der Waals surface area contributed by atoms with Gasteiger partial charge in [-0.15, -0.1) is 0 Å². The van der Waals surface area contributed by atoms with E-state index in [0.29, 0.717) is 18.6 Å². The Hall–Kier alpha value is -2.05. The summed E-state index contributed by atoms with van der Waals surface area (Å²) in [5.74, 6) is 0.613. The molecule has 1 aromatic carbocycles. The lowest BCUT2D eigenvalue weighted by Gasteiger charge is -2.54. The van der Waals surface area contributed by atoms with E-state index in [-0.39, 0.29) is 22.9 Å².